The summed E-state index contributed by atoms with van der Waals surface area (Å²) in [5.41, 5.74) is -0.513. The average Bonchev–Trinajstić information content (AvgIpc) is 2.38. The van der Waals surface area contributed by atoms with Crippen molar-refractivity contribution in [2.24, 2.45) is 5.92 Å². The first-order valence-electron chi connectivity index (χ1n) is 6.01. The van der Waals surface area contributed by atoms with E-state index in [2.05, 4.69) is 0 Å². The monoisotopic (exact) mass is 304 g/mol. The lowest BCUT2D eigenvalue weighted by molar-refractivity contribution is -0.387. The quantitative estimate of drug-likeness (QED) is 0.596. The van der Waals surface area contributed by atoms with Crippen molar-refractivity contribution in [3.8, 4) is 0 Å². The van der Waals surface area contributed by atoms with Gasteiger partial charge in [-0.2, -0.15) is 4.31 Å². The number of rotatable bonds is 6. The molecule has 0 heterocycles. The molecule has 1 rings (SSSR count). The minimum Gasteiger partial charge on any atom is -0.258 e. The zero-order valence-corrected chi connectivity index (χ0v) is 12.3. The van der Waals surface area contributed by atoms with E-state index in [9.17, 15) is 22.9 Å². The Labute approximate surface area is 117 Å². The Balaban J connectivity index is 3.34. The lowest BCUT2D eigenvalue weighted by atomic mass is 10.1. The van der Waals surface area contributed by atoms with Crippen LogP contribution in [0.4, 0.5) is 10.1 Å². The molecule has 1 aromatic rings. The Morgan fingerprint density at radius 2 is 1.90 bits per heavy atom. The van der Waals surface area contributed by atoms with Gasteiger partial charge < -0.3 is 0 Å². The SMILES string of the molecule is CC(C)C(CF)N(C)S(=O)(=O)c1ccccc1[N+](=O)[O-]. The van der Waals surface area contributed by atoms with Crippen molar-refractivity contribution < 1.29 is 17.7 Å². The summed E-state index contributed by atoms with van der Waals surface area (Å²) in [4.78, 5) is 9.73. The Bertz CT molecular complexity index is 589. The number of benzene rings is 1. The summed E-state index contributed by atoms with van der Waals surface area (Å²) in [5.74, 6) is -0.248. The number of nitrogens with zero attached hydrogens (tertiary/aromatic N) is 2. The van der Waals surface area contributed by atoms with Gasteiger partial charge in [-0.3, -0.25) is 10.1 Å². The number of alkyl halides is 1. The summed E-state index contributed by atoms with van der Waals surface area (Å²) in [7, 11) is -2.89. The fraction of sp³-hybridized carbons (Fsp3) is 0.500. The first-order valence-corrected chi connectivity index (χ1v) is 7.45. The van der Waals surface area contributed by atoms with Crippen molar-refractivity contribution in [3.05, 3.63) is 34.4 Å². The summed E-state index contributed by atoms with van der Waals surface area (Å²) in [5, 5.41) is 10.9. The number of halogens is 1. The van der Waals surface area contributed by atoms with Crippen LogP contribution in [-0.2, 0) is 10.0 Å². The predicted octanol–water partition coefficient (Wildman–Crippen LogP) is 2.21. The van der Waals surface area contributed by atoms with E-state index in [0.29, 0.717) is 0 Å². The second kappa shape index (κ2) is 6.27. The van der Waals surface area contributed by atoms with Gasteiger partial charge >= 0.3 is 0 Å². The number of nitro groups is 1. The summed E-state index contributed by atoms with van der Waals surface area (Å²) in [6.07, 6.45) is 0. The first-order chi connectivity index (χ1) is 9.23. The lowest BCUT2D eigenvalue weighted by Gasteiger charge is -2.27. The van der Waals surface area contributed by atoms with E-state index in [0.717, 1.165) is 16.4 Å². The molecule has 112 valence electrons. The predicted molar refractivity (Wildman–Crippen MR) is 72.6 cm³/mol. The second-order valence-electron chi connectivity index (χ2n) is 4.71. The summed E-state index contributed by atoms with van der Waals surface area (Å²) >= 11 is 0. The van der Waals surface area contributed by atoms with E-state index in [1.54, 1.807) is 13.8 Å². The van der Waals surface area contributed by atoms with E-state index in [4.69, 9.17) is 0 Å². The summed E-state index contributed by atoms with van der Waals surface area (Å²) < 4.78 is 38.7. The molecule has 0 N–H and O–H groups in total. The van der Waals surface area contributed by atoms with Crippen LogP contribution in [0.25, 0.3) is 0 Å². The van der Waals surface area contributed by atoms with Gasteiger partial charge in [0.05, 0.1) is 11.0 Å². The van der Waals surface area contributed by atoms with Crippen molar-refractivity contribution in [2.45, 2.75) is 24.8 Å². The fourth-order valence-corrected chi connectivity index (χ4v) is 3.48. The van der Waals surface area contributed by atoms with Gasteiger partial charge in [-0.1, -0.05) is 26.0 Å². The van der Waals surface area contributed by atoms with Crippen LogP contribution in [0.2, 0.25) is 0 Å². The molecule has 0 saturated heterocycles. The first kappa shape index (κ1) is 16.5. The number of para-hydroxylation sites is 1. The molecule has 0 aromatic heterocycles. The Morgan fingerprint density at radius 1 is 1.35 bits per heavy atom. The number of hydrogen-bond acceptors (Lipinski definition) is 4. The fourth-order valence-electron chi connectivity index (χ4n) is 1.85. The average molecular weight is 304 g/mol. The van der Waals surface area contributed by atoms with Crippen molar-refractivity contribution in [1.29, 1.82) is 0 Å². The molecule has 0 aliphatic heterocycles. The molecule has 20 heavy (non-hydrogen) atoms. The molecule has 6 nitrogen and oxygen atoms in total. The van der Waals surface area contributed by atoms with E-state index in [-0.39, 0.29) is 5.92 Å². The van der Waals surface area contributed by atoms with Gasteiger partial charge in [0.25, 0.3) is 5.69 Å². The highest BCUT2D eigenvalue weighted by Crippen LogP contribution is 2.27. The van der Waals surface area contributed by atoms with Gasteiger partial charge in [0.15, 0.2) is 4.90 Å². The molecule has 0 fully saturated rings. The number of hydrogen-bond donors (Lipinski definition) is 0. The molecule has 0 saturated carbocycles. The third kappa shape index (κ3) is 3.13. The van der Waals surface area contributed by atoms with E-state index >= 15 is 0 Å². The molecule has 0 aliphatic rings. The smallest absolute Gasteiger partial charge is 0.258 e. The van der Waals surface area contributed by atoms with E-state index in [1.807, 2.05) is 0 Å². The second-order valence-corrected chi connectivity index (χ2v) is 6.68. The van der Waals surface area contributed by atoms with Crippen molar-refractivity contribution in [2.75, 3.05) is 13.7 Å². The molecule has 0 bridgehead atoms. The van der Waals surface area contributed by atoms with Crippen LogP contribution < -0.4 is 0 Å². The summed E-state index contributed by atoms with van der Waals surface area (Å²) in [6, 6.07) is 4.18. The normalized spacial score (nSPS) is 13.7. The van der Waals surface area contributed by atoms with Gasteiger partial charge in [0.2, 0.25) is 10.0 Å². The van der Waals surface area contributed by atoms with Crippen LogP contribution in [0, 0.1) is 16.0 Å². The van der Waals surface area contributed by atoms with Crippen LogP contribution in [0.5, 0.6) is 0 Å². The number of nitro benzene ring substituents is 1. The van der Waals surface area contributed by atoms with Gasteiger partial charge in [-0.05, 0) is 12.0 Å². The standard InChI is InChI=1S/C12H17FN2O4S/c1-9(2)11(8-13)14(3)20(18,19)12-7-5-4-6-10(12)15(16)17/h4-7,9,11H,8H2,1-3H3. The minimum atomic E-state index is -4.12. The molecule has 1 aromatic carbocycles. The molecule has 1 atom stereocenters. The van der Waals surface area contributed by atoms with E-state index < -0.39 is 38.2 Å². The third-order valence-corrected chi connectivity index (χ3v) is 5.04. The van der Waals surface area contributed by atoms with Gasteiger partial charge in [-0.25, -0.2) is 12.8 Å². The minimum absolute atomic E-state index is 0.248. The molecule has 0 amide bonds. The topological polar surface area (TPSA) is 80.5 Å². The van der Waals surface area contributed by atoms with Gasteiger partial charge in [0, 0.05) is 13.1 Å². The molecule has 0 spiro atoms. The highest BCUT2D eigenvalue weighted by molar-refractivity contribution is 7.89. The highest BCUT2D eigenvalue weighted by atomic mass is 32.2. The molecule has 0 aliphatic carbocycles. The maximum absolute atomic E-state index is 13.0. The zero-order valence-electron chi connectivity index (χ0n) is 11.5. The Hall–Kier alpha value is -1.54. The van der Waals surface area contributed by atoms with Crippen LogP contribution in [0.15, 0.2) is 29.2 Å². The van der Waals surface area contributed by atoms with Crippen LogP contribution >= 0.6 is 0 Å². The Kier molecular flexibility index (Phi) is 5.18. The van der Waals surface area contributed by atoms with Crippen LogP contribution in [0.3, 0.4) is 0 Å². The van der Waals surface area contributed by atoms with Crippen LogP contribution in [0.1, 0.15) is 13.8 Å². The van der Waals surface area contributed by atoms with Crippen molar-refractivity contribution >= 4 is 15.7 Å². The maximum atomic E-state index is 13.0. The van der Waals surface area contributed by atoms with E-state index in [1.165, 1.54) is 19.2 Å². The molecular weight excluding hydrogens is 287 g/mol. The largest absolute Gasteiger partial charge is 0.289 e. The van der Waals surface area contributed by atoms with Gasteiger partial charge in [0.1, 0.15) is 6.67 Å². The molecule has 0 radical (unpaired) electrons. The molecule has 1 unspecified atom stereocenters. The number of sulfonamides is 1. The highest BCUT2D eigenvalue weighted by Gasteiger charge is 2.34. The zero-order chi connectivity index (χ0) is 15.5. The maximum Gasteiger partial charge on any atom is 0.289 e. The molecule has 8 heteroatoms. The summed E-state index contributed by atoms with van der Waals surface area (Å²) in [6.45, 7) is 2.53. The van der Waals surface area contributed by atoms with Crippen LogP contribution in [-0.4, -0.2) is 37.4 Å². The lowest BCUT2D eigenvalue weighted by Crippen LogP contribution is -2.41. The van der Waals surface area contributed by atoms with Gasteiger partial charge in [-0.15, -0.1) is 0 Å². The third-order valence-electron chi connectivity index (χ3n) is 3.11. The van der Waals surface area contributed by atoms with Crippen molar-refractivity contribution in [3.63, 3.8) is 0 Å². The molecular formula is C12H17FN2O4S. The van der Waals surface area contributed by atoms with Crippen molar-refractivity contribution in [1.82, 2.24) is 4.31 Å². The Morgan fingerprint density at radius 3 is 2.35 bits per heavy atom.